The van der Waals surface area contributed by atoms with Crippen LogP contribution in [-0.4, -0.2) is 32.2 Å². The van der Waals surface area contributed by atoms with Crippen molar-refractivity contribution < 1.29 is 9.53 Å². The third kappa shape index (κ3) is 4.65. The van der Waals surface area contributed by atoms with Crippen LogP contribution in [0.25, 0.3) is 21.9 Å². The molecule has 0 unspecified atom stereocenters. The molecule has 0 saturated carbocycles. The first-order valence-electron chi connectivity index (χ1n) is 11.9. The van der Waals surface area contributed by atoms with Crippen LogP contribution >= 0.6 is 11.3 Å². The average molecular weight is 514 g/mol. The number of carbonyl (C=O) groups excluding carboxylic acids is 1. The summed E-state index contributed by atoms with van der Waals surface area (Å²) in [5, 5.41) is 9.58. The summed E-state index contributed by atoms with van der Waals surface area (Å²) in [6.45, 7) is 5.67. The Morgan fingerprint density at radius 2 is 1.84 bits per heavy atom. The van der Waals surface area contributed by atoms with Crippen LogP contribution in [-0.2, 0) is 11.2 Å². The molecule has 2 aromatic carbocycles. The van der Waals surface area contributed by atoms with Gasteiger partial charge in [0.25, 0.3) is 5.56 Å². The van der Waals surface area contributed by atoms with Gasteiger partial charge in [-0.1, -0.05) is 42.5 Å². The van der Waals surface area contributed by atoms with Crippen LogP contribution in [0.1, 0.15) is 35.6 Å². The summed E-state index contributed by atoms with van der Waals surface area (Å²) < 4.78 is 8.78. The highest BCUT2D eigenvalue weighted by Crippen LogP contribution is 2.27. The molecule has 5 aromatic rings. The number of nitrogens with one attached hydrogen (secondary N) is 1. The van der Waals surface area contributed by atoms with Gasteiger partial charge in [-0.2, -0.15) is 5.10 Å². The number of aromatic nitrogens is 4. The van der Waals surface area contributed by atoms with Crippen molar-refractivity contribution >= 4 is 22.2 Å². The molecule has 0 aliphatic heterocycles. The number of hydrogen-bond donors (Lipinski definition) is 1. The SMILES string of the molecule is COc1ccccc1-n1nc(-c2c(C)nc3scc(CC(=O)N[C@@H](C)c4ccccc4)n3c2=O)cc1C. The molecule has 9 heteroatoms. The number of amides is 1. The fourth-order valence-electron chi connectivity index (χ4n) is 4.45. The molecule has 5 rings (SSSR count). The Kier molecular flexibility index (Phi) is 6.62. The molecular formula is C28H27N5O3S. The lowest BCUT2D eigenvalue weighted by Gasteiger charge is -2.14. The molecule has 1 amide bonds. The van der Waals surface area contributed by atoms with Gasteiger partial charge in [-0.05, 0) is 44.5 Å². The first-order valence-corrected chi connectivity index (χ1v) is 12.8. The van der Waals surface area contributed by atoms with E-state index in [9.17, 15) is 9.59 Å². The first kappa shape index (κ1) is 24.5. The molecule has 37 heavy (non-hydrogen) atoms. The topological polar surface area (TPSA) is 90.5 Å². The summed E-state index contributed by atoms with van der Waals surface area (Å²) in [4.78, 5) is 31.8. The molecule has 0 aliphatic rings. The zero-order valence-corrected chi connectivity index (χ0v) is 21.9. The molecule has 8 nitrogen and oxygen atoms in total. The van der Waals surface area contributed by atoms with Crippen molar-refractivity contribution in [1.29, 1.82) is 0 Å². The lowest BCUT2D eigenvalue weighted by Crippen LogP contribution is -2.29. The van der Waals surface area contributed by atoms with E-state index < -0.39 is 0 Å². The minimum atomic E-state index is -0.243. The highest BCUT2D eigenvalue weighted by atomic mass is 32.1. The zero-order chi connectivity index (χ0) is 26.1. The molecule has 0 saturated heterocycles. The van der Waals surface area contributed by atoms with Gasteiger partial charge in [0.05, 0.1) is 30.8 Å². The fourth-order valence-corrected chi connectivity index (χ4v) is 5.38. The maximum Gasteiger partial charge on any atom is 0.268 e. The second-order valence-electron chi connectivity index (χ2n) is 8.85. The van der Waals surface area contributed by atoms with Crippen molar-refractivity contribution in [2.24, 2.45) is 0 Å². The van der Waals surface area contributed by atoms with E-state index in [0.717, 1.165) is 16.9 Å². The first-order chi connectivity index (χ1) is 17.9. The second kappa shape index (κ2) is 10.0. The molecular weight excluding hydrogens is 486 g/mol. The van der Waals surface area contributed by atoms with Gasteiger partial charge in [-0.25, -0.2) is 9.67 Å². The standard InChI is InChI=1S/C28H27N5O3S/c1-17-14-22(31-33(17)23-12-8-9-13-24(23)36-4)26-19(3)30-28-32(27(26)35)21(16-37-28)15-25(34)29-18(2)20-10-6-5-7-11-20/h5-14,16,18H,15H2,1-4H3,(H,29,34)/t18-/m0/s1. The van der Waals surface area contributed by atoms with Gasteiger partial charge in [0.15, 0.2) is 4.96 Å². The normalized spacial score (nSPS) is 12.0. The molecule has 3 heterocycles. The molecule has 0 bridgehead atoms. The number of hydrogen-bond acceptors (Lipinski definition) is 6. The Balaban J connectivity index is 1.50. The van der Waals surface area contributed by atoms with Crippen molar-refractivity contribution in [3.8, 4) is 22.7 Å². The molecule has 1 N–H and O–H groups in total. The van der Waals surface area contributed by atoms with Crippen molar-refractivity contribution in [3.63, 3.8) is 0 Å². The largest absolute Gasteiger partial charge is 0.494 e. The van der Waals surface area contributed by atoms with Crippen LogP contribution in [0.15, 0.2) is 70.8 Å². The number of thiazole rings is 1. The number of ether oxygens (including phenoxy) is 1. The minimum Gasteiger partial charge on any atom is -0.494 e. The van der Waals surface area contributed by atoms with Crippen LogP contribution in [0.5, 0.6) is 5.75 Å². The quantitative estimate of drug-likeness (QED) is 0.342. The van der Waals surface area contributed by atoms with Gasteiger partial charge in [-0.3, -0.25) is 14.0 Å². The molecule has 188 valence electrons. The summed E-state index contributed by atoms with van der Waals surface area (Å²) in [5.41, 5.74) is 4.52. The number of fused-ring (bicyclic) bond motifs is 1. The van der Waals surface area contributed by atoms with E-state index in [4.69, 9.17) is 9.84 Å². The van der Waals surface area contributed by atoms with Gasteiger partial charge in [0.2, 0.25) is 5.91 Å². The number of para-hydroxylation sites is 2. The van der Waals surface area contributed by atoms with E-state index >= 15 is 0 Å². The van der Waals surface area contributed by atoms with Crippen LogP contribution in [0.2, 0.25) is 0 Å². The average Bonchev–Trinajstić information content (AvgIpc) is 3.47. The van der Waals surface area contributed by atoms with Gasteiger partial charge < -0.3 is 10.1 Å². The number of nitrogens with zero attached hydrogens (tertiary/aromatic N) is 4. The van der Waals surface area contributed by atoms with Crippen molar-refractivity contribution in [3.05, 3.63) is 99.0 Å². The van der Waals surface area contributed by atoms with Gasteiger partial charge in [0.1, 0.15) is 17.1 Å². The Morgan fingerprint density at radius 3 is 2.59 bits per heavy atom. The van der Waals surface area contributed by atoms with E-state index in [0.29, 0.717) is 33.4 Å². The van der Waals surface area contributed by atoms with Gasteiger partial charge in [0, 0.05) is 16.8 Å². The maximum absolute atomic E-state index is 13.8. The van der Waals surface area contributed by atoms with E-state index in [-0.39, 0.29) is 23.9 Å². The lowest BCUT2D eigenvalue weighted by molar-refractivity contribution is -0.121. The van der Waals surface area contributed by atoms with Gasteiger partial charge in [-0.15, -0.1) is 11.3 Å². The van der Waals surface area contributed by atoms with Crippen LogP contribution in [0.4, 0.5) is 0 Å². The molecule has 1 atom stereocenters. The maximum atomic E-state index is 13.8. The third-order valence-corrected chi connectivity index (χ3v) is 7.17. The summed E-state index contributed by atoms with van der Waals surface area (Å²) in [6.07, 6.45) is 0.0654. The number of aryl methyl sites for hydroxylation is 2. The Morgan fingerprint density at radius 1 is 1.11 bits per heavy atom. The predicted octanol–water partition coefficient (Wildman–Crippen LogP) is 4.65. The molecule has 0 spiro atoms. The Labute approximate surface area is 218 Å². The minimum absolute atomic E-state index is 0.0654. The monoisotopic (exact) mass is 513 g/mol. The van der Waals surface area contributed by atoms with Crippen molar-refractivity contribution in [2.45, 2.75) is 33.2 Å². The van der Waals surface area contributed by atoms with E-state index in [1.54, 1.807) is 11.8 Å². The van der Waals surface area contributed by atoms with E-state index in [2.05, 4.69) is 10.3 Å². The third-order valence-electron chi connectivity index (χ3n) is 6.30. The van der Waals surface area contributed by atoms with Gasteiger partial charge >= 0.3 is 0 Å². The zero-order valence-electron chi connectivity index (χ0n) is 21.1. The number of rotatable bonds is 7. The second-order valence-corrected chi connectivity index (χ2v) is 9.69. The van der Waals surface area contributed by atoms with E-state index in [1.165, 1.54) is 15.7 Å². The highest BCUT2D eigenvalue weighted by Gasteiger charge is 2.21. The van der Waals surface area contributed by atoms with Crippen molar-refractivity contribution in [1.82, 2.24) is 24.5 Å². The number of carbonyl (C=O) groups is 1. The Bertz CT molecular complexity index is 1650. The summed E-state index contributed by atoms with van der Waals surface area (Å²) >= 11 is 1.34. The smallest absolute Gasteiger partial charge is 0.268 e. The summed E-state index contributed by atoms with van der Waals surface area (Å²) in [5.74, 6) is 0.513. The lowest BCUT2D eigenvalue weighted by atomic mass is 10.1. The predicted molar refractivity (Wildman–Crippen MR) is 145 cm³/mol. The van der Waals surface area contributed by atoms with Crippen LogP contribution < -0.4 is 15.6 Å². The molecule has 0 fully saturated rings. The Hall–Kier alpha value is -4.24. The van der Waals surface area contributed by atoms with Crippen LogP contribution in [0, 0.1) is 13.8 Å². The highest BCUT2D eigenvalue weighted by molar-refractivity contribution is 7.15. The van der Waals surface area contributed by atoms with Crippen molar-refractivity contribution in [2.75, 3.05) is 7.11 Å². The molecule has 3 aromatic heterocycles. The number of benzene rings is 2. The molecule has 0 aliphatic carbocycles. The fraction of sp³-hybridized carbons (Fsp3) is 0.214. The summed E-state index contributed by atoms with van der Waals surface area (Å²) in [7, 11) is 1.61. The number of methoxy groups -OCH3 is 1. The van der Waals surface area contributed by atoms with E-state index in [1.807, 2.05) is 86.8 Å². The van der Waals surface area contributed by atoms with Crippen LogP contribution in [0.3, 0.4) is 0 Å². The molecule has 0 radical (unpaired) electrons. The summed E-state index contributed by atoms with van der Waals surface area (Å²) in [6, 6.07) is 19.1.